The Morgan fingerprint density at radius 3 is 2.42 bits per heavy atom. The highest BCUT2D eigenvalue weighted by molar-refractivity contribution is 7.80. The van der Waals surface area contributed by atoms with Crippen molar-refractivity contribution in [2.45, 2.75) is 13.8 Å². The highest BCUT2D eigenvalue weighted by atomic mass is 32.1. The van der Waals surface area contributed by atoms with Crippen molar-refractivity contribution < 1.29 is 5.11 Å². The van der Waals surface area contributed by atoms with Crippen LogP contribution in [0.2, 0.25) is 0 Å². The van der Waals surface area contributed by atoms with E-state index in [4.69, 9.17) is 12.2 Å². The van der Waals surface area contributed by atoms with Crippen LogP contribution >= 0.6 is 12.2 Å². The van der Waals surface area contributed by atoms with E-state index in [9.17, 15) is 5.11 Å². The molecule has 0 aliphatic carbocycles. The van der Waals surface area contributed by atoms with Crippen LogP contribution in [0.3, 0.4) is 0 Å². The van der Waals surface area contributed by atoms with Crippen LogP contribution in [-0.2, 0) is 0 Å². The summed E-state index contributed by atoms with van der Waals surface area (Å²) >= 11 is 5.22. The number of nitrogens with one attached hydrogen (secondary N) is 2. The second-order valence-corrected chi connectivity index (χ2v) is 4.88. The minimum atomic E-state index is 0.188. The minimum Gasteiger partial charge on any atom is -0.506 e. The molecule has 0 heterocycles. The zero-order valence-electron chi connectivity index (χ0n) is 10.9. The van der Waals surface area contributed by atoms with Crippen LogP contribution in [-0.4, -0.2) is 10.2 Å². The molecule has 0 aromatic heterocycles. The van der Waals surface area contributed by atoms with Gasteiger partial charge in [-0.15, -0.1) is 0 Å². The summed E-state index contributed by atoms with van der Waals surface area (Å²) < 4.78 is 0. The van der Waals surface area contributed by atoms with Crippen molar-refractivity contribution in [3.8, 4) is 5.75 Å². The summed E-state index contributed by atoms with van der Waals surface area (Å²) in [5, 5.41) is 16.3. The molecule has 4 heteroatoms. The fourth-order valence-corrected chi connectivity index (χ4v) is 1.98. The predicted molar refractivity (Wildman–Crippen MR) is 83.9 cm³/mol. The smallest absolute Gasteiger partial charge is 0.175 e. The number of aromatic hydroxyl groups is 1. The Kier molecular flexibility index (Phi) is 4.02. The number of phenolic OH excluding ortho intramolecular Hbond substituents is 1. The van der Waals surface area contributed by atoms with Gasteiger partial charge in [0.25, 0.3) is 0 Å². The average Bonchev–Trinajstić information content (AvgIpc) is 2.33. The van der Waals surface area contributed by atoms with Crippen molar-refractivity contribution >= 4 is 28.7 Å². The first-order chi connectivity index (χ1) is 9.04. The van der Waals surface area contributed by atoms with Gasteiger partial charge >= 0.3 is 0 Å². The van der Waals surface area contributed by atoms with Gasteiger partial charge in [0.2, 0.25) is 0 Å². The third-order valence-electron chi connectivity index (χ3n) is 2.68. The SMILES string of the molecule is Cc1cccc(NC(=S)Nc2ccc(C)cc2O)c1. The maximum atomic E-state index is 9.80. The summed E-state index contributed by atoms with van der Waals surface area (Å²) in [5.74, 6) is 0.188. The quantitative estimate of drug-likeness (QED) is 0.574. The van der Waals surface area contributed by atoms with Gasteiger partial charge in [-0.25, -0.2) is 0 Å². The van der Waals surface area contributed by atoms with E-state index in [0.717, 1.165) is 16.8 Å². The number of hydrogen-bond acceptors (Lipinski definition) is 2. The van der Waals surface area contributed by atoms with Gasteiger partial charge in [0, 0.05) is 5.69 Å². The molecule has 0 bridgehead atoms. The van der Waals surface area contributed by atoms with E-state index in [0.29, 0.717) is 10.8 Å². The standard InChI is InChI=1S/C15H16N2OS/c1-10-4-3-5-12(8-10)16-15(19)17-13-7-6-11(2)9-14(13)18/h3-9,18H,1-2H3,(H2,16,17,19). The Labute approximate surface area is 118 Å². The molecule has 0 saturated heterocycles. The van der Waals surface area contributed by atoms with Gasteiger partial charge in [0.15, 0.2) is 5.11 Å². The zero-order chi connectivity index (χ0) is 13.8. The second kappa shape index (κ2) is 5.71. The molecular weight excluding hydrogens is 256 g/mol. The maximum absolute atomic E-state index is 9.80. The highest BCUT2D eigenvalue weighted by Crippen LogP contribution is 2.24. The first kappa shape index (κ1) is 13.4. The molecule has 0 atom stereocenters. The maximum Gasteiger partial charge on any atom is 0.175 e. The normalized spacial score (nSPS) is 10.0. The van der Waals surface area contributed by atoms with Crippen molar-refractivity contribution in [2.75, 3.05) is 10.6 Å². The Morgan fingerprint density at radius 1 is 1.00 bits per heavy atom. The molecule has 0 amide bonds. The largest absolute Gasteiger partial charge is 0.506 e. The third kappa shape index (κ3) is 3.69. The summed E-state index contributed by atoms with van der Waals surface area (Å²) in [6.45, 7) is 3.94. The van der Waals surface area contributed by atoms with Gasteiger partial charge in [-0.2, -0.15) is 0 Å². The Morgan fingerprint density at radius 2 is 1.74 bits per heavy atom. The van der Waals surface area contributed by atoms with Crippen LogP contribution in [0.15, 0.2) is 42.5 Å². The van der Waals surface area contributed by atoms with Crippen molar-refractivity contribution in [1.29, 1.82) is 0 Å². The van der Waals surface area contributed by atoms with Gasteiger partial charge in [0.05, 0.1) is 5.69 Å². The van der Waals surface area contributed by atoms with E-state index >= 15 is 0 Å². The van der Waals surface area contributed by atoms with Gasteiger partial charge in [0.1, 0.15) is 5.75 Å². The van der Waals surface area contributed by atoms with Crippen molar-refractivity contribution in [3.05, 3.63) is 53.6 Å². The number of aryl methyl sites for hydroxylation is 2. The lowest BCUT2D eigenvalue weighted by Crippen LogP contribution is -2.19. The van der Waals surface area contributed by atoms with E-state index in [2.05, 4.69) is 10.6 Å². The van der Waals surface area contributed by atoms with Crippen LogP contribution in [0.1, 0.15) is 11.1 Å². The van der Waals surface area contributed by atoms with Crippen LogP contribution in [0.25, 0.3) is 0 Å². The average molecular weight is 272 g/mol. The molecular formula is C15H16N2OS. The van der Waals surface area contributed by atoms with Crippen molar-refractivity contribution in [1.82, 2.24) is 0 Å². The molecule has 0 fully saturated rings. The molecule has 2 rings (SSSR count). The first-order valence-electron chi connectivity index (χ1n) is 5.99. The van der Waals surface area contributed by atoms with Gasteiger partial charge in [-0.05, 0) is 61.5 Å². The van der Waals surface area contributed by atoms with E-state index in [1.807, 2.05) is 44.2 Å². The fraction of sp³-hybridized carbons (Fsp3) is 0.133. The van der Waals surface area contributed by atoms with Crippen LogP contribution in [0.4, 0.5) is 11.4 Å². The summed E-state index contributed by atoms with van der Waals surface area (Å²) in [6, 6.07) is 13.3. The molecule has 0 unspecified atom stereocenters. The predicted octanol–water partition coefficient (Wildman–Crippen LogP) is 3.82. The monoisotopic (exact) mass is 272 g/mol. The number of rotatable bonds is 2. The number of anilines is 2. The zero-order valence-corrected chi connectivity index (χ0v) is 11.7. The van der Waals surface area contributed by atoms with E-state index in [1.165, 1.54) is 0 Å². The van der Waals surface area contributed by atoms with Gasteiger partial charge in [-0.3, -0.25) is 0 Å². The highest BCUT2D eigenvalue weighted by Gasteiger charge is 2.03. The molecule has 0 spiro atoms. The summed E-state index contributed by atoms with van der Waals surface area (Å²) in [7, 11) is 0. The van der Waals surface area contributed by atoms with E-state index in [-0.39, 0.29) is 5.75 Å². The number of phenols is 1. The topological polar surface area (TPSA) is 44.3 Å². The molecule has 2 aromatic rings. The molecule has 3 nitrogen and oxygen atoms in total. The summed E-state index contributed by atoms with van der Waals surface area (Å²) in [6.07, 6.45) is 0. The molecule has 3 N–H and O–H groups in total. The Hall–Kier alpha value is -2.07. The van der Waals surface area contributed by atoms with Crippen LogP contribution in [0.5, 0.6) is 5.75 Å². The van der Waals surface area contributed by atoms with E-state index < -0.39 is 0 Å². The minimum absolute atomic E-state index is 0.188. The lowest BCUT2D eigenvalue weighted by molar-refractivity contribution is 0.477. The Bertz CT molecular complexity index is 611. The van der Waals surface area contributed by atoms with Gasteiger partial charge in [-0.1, -0.05) is 18.2 Å². The Balaban J connectivity index is 2.05. The summed E-state index contributed by atoms with van der Waals surface area (Å²) in [5.41, 5.74) is 3.67. The molecule has 0 aliphatic rings. The van der Waals surface area contributed by atoms with E-state index in [1.54, 1.807) is 12.1 Å². The molecule has 0 saturated carbocycles. The fourth-order valence-electron chi connectivity index (χ4n) is 1.75. The van der Waals surface area contributed by atoms with Crippen LogP contribution in [0, 0.1) is 13.8 Å². The first-order valence-corrected chi connectivity index (χ1v) is 6.40. The van der Waals surface area contributed by atoms with Gasteiger partial charge < -0.3 is 15.7 Å². The molecule has 2 aromatic carbocycles. The second-order valence-electron chi connectivity index (χ2n) is 4.47. The lowest BCUT2D eigenvalue weighted by Gasteiger charge is -2.12. The summed E-state index contributed by atoms with van der Waals surface area (Å²) in [4.78, 5) is 0. The third-order valence-corrected chi connectivity index (χ3v) is 2.88. The molecule has 0 radical (unpaired) electrons. The number of thiocarbonyl (C=S) groups is 1. The number of hydrogen-bond donors (Lipinski definition) is 3. The lowest BCUT2D eigenvalue weighted by atomic mass is 10.2. The van der Waals surface area contributed by atoms with Crippen molar-refractivity contribution in [2.24, 2.45) is 0 Å². The number of benzene rings is 2. The van der Waals surface area contributed by atoms with Crippen LogP contribution < -0.4 is 10.6 Å². The molecule has 19 heavy (non-hydrogen) atoms. The van der Waals surface area contributed by atoms with Crippen molar-refractivity contribution in [3.63, 3.8) is 0 Å². The molecule has 98 valence electrons. The molecule has 0 aliphatic heterocycles.